The molecule has 260 valence electrons. The van der Waals surface area contributed by atoms with Crippen molar-refractivity contribution in [3.8, 4) is 11.5 Å². The number of rotatable bonds is 19. The van der Waals surface area contributed by atoms with E-state index in [2.05, 4.69) is 54.0 Å². The minimum absolute atomic E-state index is 0.0538. The highest BCUT2D eigenvalue weighted by molar-refractivity contribution is 8.00. The number of thioether (sulfide) groups is 1. The van der Waals surface area contributed by atoms with Gasteiger partial charge in [0.15, 0.2) is 0 Å². The number of aliphatic hydroxyl groups excluding tert-OH is 2. The second-order valence-electron chi connectivity index (χ2n) is 13.3. The first-order chi connectivity index (χ1) is 23.6. The van der Waals surface area contributed by atoms with E-state index in [1.165, 1.54) is 0 Å². The van der Waals surface area contributed by atoms with Gasteiger partial charge in [0.05, 0.1) is 23.5 Å². The van der Waals surface area contributed by atoms with Gasteiger partial charge in [0, 0.05) is 55.6 Å². The Hall–Kier alpha value is -2.82. The van der Waals surface area contributed by atoms with Crippen molar-refractivity contribution in [3.63, 3.8) is 0 Å². The predicted molar refractivity (Wildman–Crippen MR) is 191 cm³/mol. The van der Waals surface area contributed by atoms with E-state index in [9.17, 15) is 10.2 Å². The molecule has 0 bridgehead atoms. The Labute approximate surface area is 290 Å². The predicted octanol–water partition coefficient (Wildman–Crippen LogP) is 6.83. The molecule has 4 aliphatic rings. The standard InChI is InChI=1S/C39H52N2O6S/c1-3-23-45-39-36(48-30-13-6-5-7-14-30)27-34(40-46-4-2)32-25-28(12-8-10-21-42)31(15-9-11-22-43)37(38(32)39)33-26-29(16-17-35(33)47-39)44-24-20-41-18-19-41/h3,5-7,13-14,16-17,25-26,28,31,36-38,42-43H,1,4,8-12,15,18-24,27H2,2H3. The summed E-state index contributed by atoms with van der Waals surface area (Å²) in [4.78, 5) is 9.32. The average molecular weight is 677 g/mol. The molecule has 0 radical (unpaired) electrons. The summed E-state index contributed by atoms with van der Waals surface area (Å²) in [5.41, 5.74) is 3.25. The van der Waals surface area contributed by atoms with Gasteiger partial charge in [-0.05, 0) is 80.3 Å². The minimum atomic E-state index is -0.990. The molecule has 0 amide bonds. The molecule has 0 aromatic heterocycles. The quantitative estimate of drug-likeness (QED) is 0.0725. The van der Waals surface area contributed by atoms with E-state index in [1.54, 1.807) is 11.8 Å². The molecule has 2 fully saturated rings. The van der Waals surface area contributed by atoms with Gasteiger partial charge < -0.3 is 29.3 Å². The Morgan fingerprint density at radius 2 is 1.85 bits per heavy atom. The highest BCUT2D eigenvalue weighted by Crippen LogP contribution is 2.63. The van der Waals surface area contributed by atoms with Gasteiger partial charge in [-0.3, -0.25) is 4.90 Å². The Bertz CT molecular complexity index is 1410. The first-order valence-corrected chi connectivity index (χ1v) is 18.8. The zero-order valence-electron chi connectivity index (χ0n) is 28.3. The number of benzene rings is 2. The molecular formula is C39H52N2O6S. The average Bonchev–Trinajstić information content (AvgIpc) is 3.94. The Balaban J connectivity index is 1.51. The van der Waals surface area contributed by atoms with Crippen LogP contribution in [0.1, 0.15) is 63.4 Å². The summed E-state index contributed by atoms with van der Waals surface area (Å²) in [7, 11) is 0. The third-order valence-electron chi connectivity index (χ3n) is 10.2. The van der Waals surface area contributed by atoms with E-state index in [0.717, 1.165) is 91.4 Å². The molecule has 8 nitrogen and oxygen atoms in total. The molecule has 6 rings (SSSR count). The molecule has 2 heterocycles. The molecule has 2 aliphatic carbocycles. The lowest BCUT2D eigenvalue weighted by Gasteiger charge is -2.58. The van der Waals surface area contributed by atoms with Crippen LogP contribution < -0.4 is 9.47 Å². The van der Waals surface area contributed by atoms with Crippen LogP contribution in [0.2, 0.25) is 0 Å². The second kappa shape index (κ2) is 16.7. The monoisotopic (exact) mass is 676 g/mol. The molecular weight excluding hydrogens is 625 g/mol. The summed E-state index contributed by atoms with van der Waals surface area (Å²) in [6.45, 7) is 11.1. The van der Waals surface area contributed by atoms with Crippen molar-refractivity contribution in [2.75, 3.05) is 52.7 Å². The Morgan fingerprint density at radius 1 is 1.06 bits per heavy atom. The summed E-state index contributed by atoms with van der Waals surface area (Å²) < 4.78 is 20.6. The molecule has 48 heavy (non-hydrogen) atoms. The third kappa shape index (κ3) is 7.81. The SMILES string of the molecule is C=CCOC12Oc3ccc(OCCN4CC4)cc3C3C(CCCCO)C(CCCCO)C=C(C(=NOCC)CC1Sc1ccccc1)C32. The van der Waals surface area contributed by atoms with Crippen molar-refractivity contribution in [2.24, 2.45) is 22.9 Å². The van der Waals surface area contributed by atoms with Gasteiger partial charge in [-0.1, -0.05) is 48.3 Å². The summed E-state index contributed by atoms with van der Waals surface area (Å²) in [6.07, 6.45) is 10.2. The molecule has 1 saturated carbocycles. The number of hydrogen-bond acceptors (Lipinski definition) is 9. The van der Waals surface area contributed by atoms with E-state index in [-0.39, 0.29) is 42.1 Å². The molecule has 1 saturated heterocycles. The van der Waals surface area contributed by atoms with Crippen LogP contribution in [0, 0.1) is 17.8 Å². The van der Waals surface area contributed by atoms with E-state index < -0.39 is 5.79 Å². The normalized spacial score (nSPS) is 28.2. The number of allylic oxidation sites excluding steroid dienone is 1. The summed E-state index contributed by atoms with van der Waals surface area (Å²) in [5.74, 6) is 1.13. The molecule has 2 aliphatic heterocycles. The third-order valence-corrected chi connectivity index (χ3v) is 11.5. The van der Waals surface area contributed by atoms with Gasteiger partial charge in [0.25, 0.3) is 0 Å². The van der Waals surface area contributed by atoms with Crippen molar-refractivity contribution >= 4 is 17.5 Å². The fraction of sp³-hybridized carbons (Fsp3) is 0.564. The number of hydrogen-bond donors (Lipinski definition) is 2. The van der Waals surface area contributed by atoms with Crippen LogP contribution in [0.25, 0.3) is 0 Å². The van der Waals surface area contributed by atoms with Crippen LogP contribution in [0.4, 0.5) is 0 Å². The number of unbranched alkanes of at least 4 members (excludes halogenated alkanes) is 2. The van der Waals surface area contributed by atoms with Gasteiger partial charge >= 0.3 is 0 Å². The summed E-state index contributed by atoms with van der Waals surface area (Å²) in [6, 6.07) is 16.8. The van der Waals surface area contributed by atoms with Crippen molar-refractivity contribution in [3.05, 3.63) is 78.4 Å². The second-order valence-corrected chi connectivity index (χ2v) is 14.6. The molecule has 2 N–H and O–H groups in total. The van der Waals surface area contributed by atoms with Crippen LogP contribution in [0.5, 0.6) is 11.5 Å². The molecule has 0 spiro atoms. The van der Waals surface area contributed by atoms with Crippen molar-refractivity contribution in [1.82, 2.24) is 4.90 Å². The fourth-order valence-electron chi connectivity index (χ4n) is 7.91. The minimum Gasteiger partial charge on any atom is -0.492 e. The van der Waals surface area contributed by atoms with Crippen molar-refractivity contribution in [1.29, 1.82) is 0 Å². The summed E-state index contributed by atoms with van der Waals surface area (Å²) in [5, 5.41) is 24.2. The molecule has 2 aromatic rings. The van der Waals surface area contributed by atoms with Gasteiger partial charge in [-0.15, -0.1) is 18.3 Å². The van der Waals surface area contributed by atoms with Gasteiger partial charge in [0.1, 0.15) is 24.7 Å². The highest BCUT2D eigenvalue weighted by atomic mass is 32.2. The maximum atomic E-state index is 9.81. The lowest BCUT2D eigenvalue weighted by molar-refractivity contribution is -0.223. The van der Waals surface area contributed by atoms with Crippen LogP contribution in [-0.4, -0.2) is 84.5 Å². The lowest BCUT2D eigenvalue weighted by Crippen LogP contribution is -2.64. The highest BCUT2D eigenvalue weighted by Gasteiger charge is 2.64. The molecule has 2 aromatic carbocycles. The number of fused-ring (bicyclic) bond motifs is 2. The van der Waals surface area contributed by atoms with Crippen LogP contribution in [-0.2, 0) is 9.57 Å². The van der Waals surface area contributed by atoms with E-state index in [1.807, 2.05) is 25.1 Å². The first kappa shape index (κ1) is 35.0. The zero-order valence-corrected chi connectivity index (χ0v) is 29.1. The Morgan fingerprint density at radius 3 is 2.58 bits per heavy atom. The molecule has 9 heteroatoms. The smallest absolute Gasteiger partial charge is 0.231 e. The lowest BCUT2D eigenvalue weighted by atomic mass is 9.56. The molecule has 6 atom stereocenters. The maximum Gasteiger partial charge on any atom is 0.231 e. The summed E-state index contributed by atoms with van der Waals surface area (Å²) >= 11 is 1.78. The Kier molecular flexibility index (Phi) is 12.2. The van der Waals surface area contributed by atoms with Crippen molar-refractivity contribution < 1.29 is 29.3 Å². The maximum absolute atomic E-state index is 9.81. The van der Waals surface area contributed by atoms with Crippen LogP contribution in [0.3, 0.4) is 0 Å². The number of aliphatic hydroxyl groups is 2. The fourth-order valence-corrected chi connectivity index (χ4v) is 9.22. The number of ether oxygens (including phenoxy) is 3. The molecule has 6 unspecified atom stereocenters. The van der Waals surface area contributed by atoms with E-state index in [0.29, 0.717) is 26.2 Å². The van der Waals surface area contributed by atoms with Gasteiger partial charge in [0.2, 0.25) is 5.79 Å². The largest absolute Gasteiger partial charge is 0.492 e. The van der Waals surface area contributed by atoms with E-state index in [4.69, 9.17) is 24.2 Å². The number of oxime groups is 1. The first-order valence-electron chi connectivity index (χ1n) is 17.9. The van der Waals surface area contributed by atoms with Crippen LogP contribution >= 0.6 is 11.8 Å². The van der Waals surface area contributed by atoms with Gasteiger partial charge in [-0.25, -0.2) is 0 Å². The van der Waals surface area contributed by atoms with E-state index >= 15 is 0 Å². The van der Waals surface area contributed by atoms with Gasteiger partial charge in [-0.2, -0.15) is 0 Å². The number of nitrogens with zero attached hydrogens (tertiary/aromatic N) is 2. The van der Waals surface area contributed by atoms with Crippen LogP contribution in [0.15, 0.2) is 82.9 Å². The van der Waals surface area contributed by atoms with Crippen molar-refractivity contribution in [2.45, 2.75) is 73.7 Å². The topological polar surface area (TPSA) is 92.8 Å². The zero-order chi connectivity index (χ0) is 33.3.